The Balaban J connectivity index is 2.11. The van der Waals surface area contributed by atoms with Gasteiger partial charge in [0.25, 0.3) is 5.91 Å². The lowest BCUT2D eigenvalue weighted by Crippen LogP contribution is -2.44. The number of carbonyl (C=O) groups is 1. The summed E-state index contributed by atoms with van der Waals surface area (Å²) in [6, 6.07) is 5.34. The first-order chi connectivity index (χ1) is 8.15. The zero-order valence-electron chi connectivity index (χ0n) is 9.37. The number of aliphatic hydroxyl groups is 1. The maximum absolute atomic E-state index is 14.6. The number of hydrogen-bond donors (Lipinski definition) is 2. The zero-order valence-corrected chi connectivity index (χ0v) is 9.37. The van der Waals surface area contributed by atoms with Crippen molar-refractivity contribution in [1.29, 1.82) is 0 Å². The zero-order chi connectivity index (χ0) is 12.0. The number of nitrogens with one attached hydrogen (secondary N) is 1. The number of amides is 1. The molecule has 2 aliphatic rings. The van der Waals surface area contributed by atoms with Crippen molar-refractivity contribution in [2.24, 2.45) is 0 Å². The van der Waals surface area contributed by atoms with E-state index in [-0.39, 0.29) is 12.5 Å². The quantitative estimate of drug-likeness (QED) is 0.783. The van der Waals surface area contributed by atoms with E-state index in [1.54, 1.807) is 12.1 Å². The summed E-state index contributed by atoms with van der Waals surface area (Å²) >= 11 is 0. The second-order valence-electron chi connectivity index (χ2n) is 4.84. The van der Waals surface area contributed by atoms with Gasteiger partial charge in [-0.1, -0.05) is 12.1 Å². The Hall–Kier alpha value is -1.42. The third-order valence-electron chi connectivity index (χ3n) is 3.89. The summed E-state index contributed by atoms with van der Waals surface area (Å²) in [5.41, 5.74) is 0.519. The molecule has 3 nitrogen and oxygen atoms in total. The molecule has 90 valence electrons. The molecule has 1 fully saturated rings. The number of anilines is 1. The van der Waals surface area contributed by atoms with Gasteiger partial charge >= 0.3 is 0 Å². The summed E-state index contributed by atoms with van der Waals surface area (Å²) in [5.74, 6) is -0.846. The van der Waals surface area contributed by atoms with E-state index in [1.165, 1.54) is 0 Å². The average molecular weight is 235 g/mol. The van der Waals surface area contributed by atoms with Crippen LogP contribution in [0.2, 0.25) is 0 Å². The highest BCUT2D eigenvalue weighted by Gasteiger charge is 2.53. The number of rotatable bonds is 1. The van der Waals surface area contributed by atoms with Crippen molar-refractivity contribution in [3.8, 4) is 0 Å². The number of alkyl halides is 1. The van der Waals surface area contributed by atoms with E-state index in [0.717, 1.165) is 24.0 Å². The van der Waals surface area contributed by atoms with Crippen LogP contribution in [0.5, 0.6) is 0 Å². The summed E-state index contributed by atoms with van der Waals surface area (Å²) in [6.07, 6.45) is 1.77. The van der Waals surface area contributed by atoms with Crippen molar-refractivity contribution in [3.05, 3.63) is 29.3 Å². The Morgan fingerprint density at radius 3 is 3.12 bits per heavy atom. The highest BCUT2D eigenvalue weighted by molar-refractivity contribution is 6.01. The fourth-order valence-electron chi connectivity index (χ4n) is 2.98. The van der Waals surface area contributed by atoms with Crippen LogP contribution in [0, 0.1) is 0 Å². The second kappa shape index (κ2) is 3.53. The standard InChI is InChI=1S/C13H14FNO2/c14-13-5-1-2-10(13)9-4-3-8(7-16)6-11(9)15-12(13)17/h3-4,6,10,16H,1-2,5,7H2,(H,15,17). The molecule has 1 aliphatic heterocycles. The first-order valence-electron chi connectivity index (χ1n) is 5.89. The van der Waals surface area contributed by atoms with Crippen molar-refractivity contribution in [3.63, 3.8) is 0 Å². The molecular formula is C13H14FNO2. The molecule has 0 saturated heterocycles. The van der Waals surface area contributed by atoms with E-state index < -0.39 is 11.6 Å². The molecule has 3 rings (SSSR count). The third kappa shape index (κ3) is 1.40. The normalized spacial score (nSPS) is 30.7. The molecule has 1 aromatic carbocycles. The molecule has 2 unspecified atom stereocenters. The lowest BCUT2D eigenvalue weighted by atomic mass is 9.81. The SMILES string of the molecule is O=C1Nc2cc(CO)ccc2C2CCCC12F. The predicted octanol–water partition coefficient (Wildman–Crippen LogP) is 2.11. The second-order valence-corrected chi connectivity index (χ2v) is 4.84. The fourth-order valence-corrected chi connectivity index (χ4v) is 2.98. The van der Waals surface area contributed by atoms with Gasteiger partial charge in [-0.2, -0.15) is 0 Å². The van der Waals surface area contributed by atoms with Crippen molar-refractivity contribution >= 4 is 11.6 Å². The van der Waals surface area contributed by atoms with Crippen molar-refractivity contribution in [2.75, 3.05) is 5.32 Å². The number of hydrogen-bond acceptors (Lipinski definition) is 2. The number of aliphatic hydroxyl groups excluding tert-OH is 1. The topological polar surface area (TPSA) is 49.3 Å². The minimum absolute atomic E-state index is 0.0748. The van der Waals surface area contributed by atoms with E-state index in [0.29, 0.717) is 12.1 Å². The highest BCUT2D eigenvalue weighted by atomic mass is 19.1. The van der Waals surface area contributed by atoms with Gasteiger partial charge in [-0.15, -0.1) is 0 Å². The Morgan fingerprint density at radius 1 is 1.53 bits per heavy atom. The molecule has 0 radical (unpaired) electrons. The number of benzene rings is 1. The number of carbonyl (C=O) groups excluding carboxylic acids is 1. The molecule has 0 spiro atoms. The minimum atomic E-state index is -1.73. The molecular weight excluding hydrogens is 221 g/mol. The van der Waals surface area contributed by atoms with Crippen LogP contribution in [0.15, 0.2) is 18.2 Å². The smallest absolute Gasteiger partial charge is 0.262 e. The lowest BCUT2D eigenvalue weighted by Gasteiger charge is -2.33. The molecule has 4 heteroatoms. The molecule has 1 aliphatic carbocycles. The number of halogens is 1. The van der Waals surface area contributed by atoms with Gasteiger partial charge in [-0.25, -0.2) is 4.39 Å². The summed E-state index contributed by atoms with van der Waals surface area (Å²) in [4.78, 5) is 11.8. The molecule has 2 atom stereocenters. The maximum Gasteiger partial charge on any atom is 0.262 e. The fraction of sp³-hybridized carbons (Fsp3) is 0.462. The van der Waals surface area contributed by atoms with E-state index in [1.807, 2.05) is 6.07 Å². The van der Waals surface area contributed by atoms with Gasteiger partial charge in [0, 0.05) is 11.6 Å². The molecule has 0 bridgehead atoms. The van der Waals surface area contributed by atoms with Crippen LogP contribution in [0.25, 0.3) is 0 Å². The van der Waals surface area contributed by atoms with Gasteiger partial charge < -0.3 is 10.4 Å². The summed E-state index contributed by atoms with van der Waals surface area (Å²) < 4.78 is 14.6. The van der Waals surface area contributed by atoms with E-state index in [9.17, 15) is 9.18 Å². The molecule has 1 aromatic rings. The predicted molar refractivity (Wildman–Crippen MR) is 61.4 cm³/mol. The summed E-state index contributed by atoms with van der Waals surface area (Å²) in [7, 11) is 0. The highest BCUT2D eigenvalue weighted by Crippen LogP contribution is 2.51. The largest absolute Gasteiger partial charge is 0.392 e. The van der Waals surface area contributed by atoms with Crippen molar-refractivity contribution < 1.29 is 14.3 Å². The average Bonchev–Trinajstić information content (AvgIpc) is 2.73. The maximum atomic E-state index is 14.6. The number of fused-ring (bicyclic) bond motifs is 3. The summed E-state index contributed by atoms with van der Waals surface area (Å²) in [5, 5.41) is 11.7. The minimum Gasteiger partial charge on any atom is -0.392 e. The van der Waals surface area contributed by atoms with E-state index >= 15 is 0 Å². The van der Waals surface area contributed by atoms with Crippen molar-refractivity contribution in [1.82, 2.24) is 0 Å². The molecule has 1 amide bonds. The monoisotopic (exact) mass is 235 g/mol. The van der Waals surface area contributed by atoms with Crippen LogP contribution in [0.1, 0.15) is 36.3 Å². The van der Waals surface area contributed by atoms with Gasteiger partial charge in [0.1, 0.15) is 0 Å². The Labute approximate surface area is 98.6 Å². The van der Waals surface area contributed by atoms with Crippen LogP contribution >= 0.6 is 0 Å². The van der Waals surface area contributed by atoms with Gasteiger partial charge in [0.05, 0.1) is 6.61 Å². The van der Waals surface area contributed by atoms with E-state index in [4.69, 9.17) is 5.11 Å². The Kier molecular flexibility index (Phi) is 2.23. The van der Waals surface area contributed by atoms with Crippen LogP contribution in [0.3, 0.4) is 0 Å². The molecule has 1 saturated carbocycles. The van der Waals surface area contributed by atoms with Crippen LogP contribution in [-0.2, 0) is 11.4 Å². The summed E-state index contributed by atoms with van der Waals surface area (Å²) in [6.45, 7) is -0.0748. The van der Waals surface area contributed by atoms with Crippen LogP contribution < -0.4 is 5.32 Å². The van der Waals surface area contributed by atoms with Crippen LogP contribution in [-0.4, -0.2) is 16.7 Å². The first kappa shape index (κ1) is 10.7. The molecule has 1 heterocycles. The third-order valence-corrected chi connectivity index (χ3v) is 3.89. The molecule has 2 N–H and O–H groups in total. The van der Waals surface area contributed by atoms with E-state index in [2.05, 4.69) is 5.32 Å². The van der Waals surface area contributed by atoms with Gasteiger partial charge in [-0.3, -0.25) is 4.79 Å². The van der Waals surface area contributed by atoms with Gasteiger partial charge in [0.2, 0.25) is 0 Å². The van der Waals surface area contributed by atoms with Gasteiger partial charge in [-0.05, 0) is 36.5 Å². The lowest BCUT2D eigenvalue weighted by molar-refractivity contribution is -0.128. The Bertz CT molecular complexity index is 488. The van der Waals surface area contributed by atoms with Gasteiger partial charge in [0.15, 0.2) is 5.67 Å². The molecule has 17 heavy (non-hydrogen) atoms. The molecule has 0 aromatic heterocycles. The first-order valence-corrected chi connectivity index (χ1v) is 5.89. The Morgan fingerprint density at radius 2 is 2.35 bits per heavy atom. The van der Waals surface area contributed by atoms with Crippen LogP contribution in [0.4, 0.5) is 10.1 Å². The van der Waals surface area contributed by atoms with Crippen molar-refractivity contribution in [2.45, 2.75) is 37.5 Å².